The molecule has 18 heteroatoms. The molecule has 0 radical (unpaired) electrons. The van der Waals surface area contributed by atoms with Gasteiger partial charge in [-0.3, -0.25) is 33.6 Å². The SMILES string of the molecule is CC(C)C[C@H](NC(=O)[C@H](CC(=O)O)NC(=O)CN)C(=O)N[C@@H](CCC(=O)O)C(=O)N[C@@H](CO)C(=O)N[C@@H](Cc1ccccc1)C(=O)O. The number of carbonyl (C=O) groups excluding carboxylic acids is 5. The summed E-state index contributed by atoms with van der Waals surface area (Å²) >= 11 is 0. The molecule has 0 fully saturated rings. The first-order chi connectivity index (χ1) is 22.1. The highest BCUT2D eigenvalue weighted by Gasteiger charge is 2.33. The fraction of sp³-hybridized carbons (Fsp3) is 0.517. The van der Waals surface area contributed by atoms with Gasteiger partial charge in [-0.25, -0.2) is 4.79 Å². The van der Waals surface area contributed by atoms with Gasteiger partial charge in [0, 0.05) is 12.8 Å². The van der Waals surface area contributed by atoms with Crippen molar-refractivity contribution >= 4 is 47.4 Å². The lowest BCUT2D eigenvalue weighted by Gasteiger charge is -2.27. The molecule has 0 saturated carbocycles. The minimum Gasteiger partial charge on any atom is -0.481 e. The van der Waals surface area contributed by atoms with E-state index in [1.54, 1.807) is 44.2 Å². The van der Waals surface area contributed by atoms with Gasteiger partial charge in [0.05, 0.1) is 19.6 Å². The maximum atomic E-state index is 13.3. The number of nitrogens with one attached hydrogen (secondary N) is 5. The number of nitrogens with two attached hydrogens (primary N) is 1. The molecule has 1 aromatic carbocycles. The number of rotatable bonds is 21. The summed E-state index contributed by atoms with van der Waals surface area (Å²) in [5.41, 5.74) is 5.81. The van der Waals surface area contributed by atoms with Gasteiger partial charge < -0.3 is 52.7 Å². The van der Waals surface area contributed by atoms with Crippen molar-refractivity contribution in [3.8, 4) is 0 Å². The minimum absolute atomic E-state index is 0.0326. The molecular formula is C29H42N6O12. The Hall–Kier alpha value is -5.10. The van der Waals surface area contributed by atoms with Gasteiger partial charge in [-0.15, -0.1) is 0 Å². The van der Waals surface area contributed by atoms with Crippen molar-refractivity contribution in [1.82, 2.24) is 26.6 Å². The van der Waals surface area contributed by atoms with Crippen molar-refractivity contribution in [3.63, 3.8) is 0 Å². The van der Waals surface area contributed by atoms with Crippen LogP contribution in [0.2, 0.25) is 0 Å². The predicted molar refractivity (Wildman–Crippen MR) is 162 cm³/mol. The number of hydrogen-bond acceptors (Lipinski definition) is 10. The molecule has 0 unspecified atom stereocenters. The second-order valence-corrected chi connectivity index (χ2v) is 10.9. The quantitative estimate of drug-likeness (QED) is 0.0629. The molecule has 47 heavy (non-hydrogen) atoms. The summed E-state index contributed by atoms with van der Waals surface area (Å²) in [6, 6.07) is 0.605. The topological polar surface area (TPSA) is 304 Å². The van der Waals surface area contributed by atoms with E-state index in [9.17, 15) is 53.7 Å². The van der Waals surface area contributed by atoms with Crippen LogP contribution in [0.1, 0.15) is 45.1 Å². The van der Waals surface area contributed by atoms with Gasteiger partial charge in [0.15, 0.2) is 0 Å². The maximum Gasteiger partial charge on any atom is 0.326 e. The summed E-state index contributed by atoms with van der Waals surface area (Å²) in [6.07, 6.45) is -2.10. The van der Waals surface area contributed by atoms with Gasteiger partial charge in [-0.2, -0.15) is 0 Å². The van der Waals surface area contributed by atoms with Crippen LogP contribution < -0.4 is 32.3 Å². The van der Waals surface area contributed by atoms with Crippen molar-refractivity contribution in [3.05, 3.63) is 35.9 Å². The lowest BCUT2D eigenvalue weighted by Crippen LogP contribution is -2.60. The van der Waals surface area contributed by atoms with Crippen LogP contribution in [0.3, 0.4) is 0 Å². The molecule has 0 aliphatic carbocycles. The first-order valence-corrected chi connectivity index (χ1v) is 14.6. The highest BCUT2D eigenvalue weighted by Crippen LogP contribution is 2.09. The molecule has 5 atom stereocenters. The normalized spacial score (nSPS) is 14.0. The number of hydrogen-bond donors (Lipinski definition) is 10. The van der Waals surface area contributed by atoms with Crippen LogP contribution in [-0.2, 0) is 44.8 Å². The van der Waals surface area contributed by atoms with Gasteiger partial charge in [0.25, 0.3) is 0 Å². The van der Waals surface area contributed by atoms with Crippen LogP contribution in [0.25, 0.3) is 0 Å². The maximum absolute atomic E-state index is 13.3. The van der Waals surface area contributed by atoms with E-state index in [1.807, 2.05) is 0 Å². The zero-order valence-electron chi connectivity index (χ0n) is 25.9. The summed E-state index contributed by atoms with van der Waals surface area (Å²) in [7, 11) is 0. The van der Waals surface area contributed by atoms with Crippen molar-refractivity contribution in [2.75, 3.05) is 13.2 Å². The Morgan fingerprint density at radius 1 is 0.681 bits per heavy atom. The molecule has 0 aliphatic rings. The standard InChI is InChI=1S/C29H42N6O12/c1-15(2)10-18(33-27(44)19(12-24(40)41)31-22(37)13-30)26(43)32-17(8-9-23(38)39)25(42)35-21(14-36)28(45)34-20(29(46)47)11-16-6-4-3-5-7-16/h3-7,15,17-21,36H,8-14,30H2,1-2H3,(H,31,37)(H,32,43)(H,33,44)(H,34,45)(H,35,42)(H,38,39)(H,40,41)(H,46,47)/t17-,18-,19-,20-,21-/m0/s1. The summed E-state index contributed by atoms with van der Waals surface area (Å²) in [6.45, 7) is 1.86. The average Bonchev–Trinajstić information content (AvgIpc) is 3.00. The van der Waals surface area contributed by atoms with E-state index in [0.29, 0.717) is 5.56 Å². The molecule has 0 spiro atoms. The Labute approximate surface area is 269 Å². The number of aliphatic carboxylic acids is 3. The van der Waals surface area contributed by atoms with Crippen LogP contribution in [0.15, 0.2) is 30.3 Å². The summed E-state index contributed by atoms with van der Waals surface area (Å²) in [5, 5.41) is 49.0. The number of amides is 5. The zero-order valence-corrected chi connectivity index (χ0v) is 25.9. The molecule has 0 heterocycles. The van der Waals surface area contributed by atoms with Crippen LogP contribution in [0.5, 0.6) is 0 Å². The number of aliphatic hydroxyl groups is 1. The molecule has 0 bridgehead atoms. The lowest BCUT2D eigenvalue weighted by molar-refractivity contribution is -0.143. The molecule has 18 nitrogen and oxygen atoms in total. The van der Waals surface area contributed by atoms with E-state index in [2.05, 4.69) is 26.6 Å². The Morgan fingerprint density at radius 2 is 1.19 bits per heavy atom. The van der Waals surface area contributed by atoms with Crippen molar-refractivity contribution in [2.45, 2.75) is 76.2 Å². The van der Waals surface area contributed by atoms with Gasteiger partial charge in [-0.05, 0) is 24.3 Å². The second-order valence-electron chi connectivity index (χ2n) is 10.9. The highest BCUT2D eigenvalue weighted by molar-refractivity contribution is 5.97. The number of benzene rings is 1. The number of carboxylic acids is 3. The monoisotopic (exact) mass is 666 g/mol. The molecule has 1 aromatic rings. The van der Waals surface area contributed by atoms with Crippen molar-refractivity contribution in [1.29, 1.82) is 0 Å². The predicted octanol–water partition coefficient (Wildman–Crippen LogP) is -2.93. The fourth-order valence-electron chi connectivity index (χ4n) is 4.21. The van der Waals surface area contributed by atoms with E-state index in [0.717, 1.165) is 0 Å². The van der Waals surface area contributed by atoms with Gasteiger partial charge in [0.1, 0.15) is 30.2 Å². The average molecular weight is 667 g/mol. The Balaban J connectivity index is 3.14. The molecule has 0 aliphatic heterocycles. The Kier molecular flexibility index (Phi) is 17.1. The molecule has 0 aromatic heterocycles. The second kappa shape index (κ2) is 20.1. The van der Waals surface area contributed by atoms with E-state index in [-0.39, 0.29) is 18.8 Å². The summed E-state index contributed by atoms with van der Waals surface area (Å²) in [4.78, 5) is 98.3. The number of carbonyl (C=O) groups is 8. The van der Waals surface area contributed by atoms with E-state index >= 15 is 0 Å². The van der Waals surface area contributed by atoms with Crippen LogP contribution >= 0.6 is 0 Å². The summed E-state index contributed by atoms with van der Waals surface area (Å²) in [5.74, 6) is -9.42. The first-order valence-electron chi connectivity index (χ1n) is 14.6. The minimum atomic E-state index is -1.70. The zero-order chi connectivity index (χ0) is 35.7. The van der Waals surface area contributed by atoms with Gasteiger partial charge >= 0.3 is 17.9 Å². The Morgan fingerprint density at radius 3 is 1.70 bits per heavy atom. The number of carboxylic acid groups (broad SMARTS) is 3. The van der Waals surface area contributed by atoms with Crippen LogP contribution in [-0.4, -0.2) is 111 Å². The lowest BCUT2D eigenvalue weighted by atomic mass is 10.0. The Bertz CT molecular complexity index is 1280. The van der Waals surface area contributed by atoms with E-state index < -0.39 is 110 Å². The molecule has 1 rings (SSSR count). The smallest absolute Gasteiger partial charge is 0.326 e. The van der Waals surface area contributed by atoms with Crippen LogP contribution in [0, 0.1) is 5.92 Å². The molecule has 5 amide bonds. The van der Waals surface area contributed by atoms with E-state index in [4.69, 9.17) is 10.8 Å². The third-order valence-electron chi connectivity index (χ3n) is 6.55. The highest BCUT2D eigenvalue weighted by atomic mass is 16.4. The largest absolute Gasteiger partial charge is 0.481 e. The van der Waals surface area contributed by atoms with Crippen molar-refractivity contribution < 1.29 is 58.8 Å². The van der Waals surface area contributed by atoms with Gasteiger partial charge in [-0.1, -0.05) is 44.2 Å². The first kappa shape index (κ1) is 39.9. The number of aliphatic hydroxyl groups excluding tert-OH is 1. The van der Waals surface area contributed by atoms with E-state index in [1.165, 1.54) is 0 Å². The third-order valence-corrected chi connectivity index (χ3v) is 6.55. The molecule has 260 valence electrons. The third kappa shape index (κ3) is 15.2. The fourth-order valence-corrected chi connectivity index (χ4v) is 4.21. The molecular weight excluding hydrogens is 624 g/mol. The summed E-state index contributed by atoms with van der Waals surface area (Å²) < 4.78 is 0. The van der Waals surface area contributed by atoms with Crippen molar-refractivity contribution in [2.24, 2.45) is 11.7 Å². The van der Waals surface area contributed by atoms with Crippen LogP contribution in [0.4, 0.5) is 0 Å². The van der Waals surface area contributed by atoms with Gasteiger partial charge in [0.2, 0.25) is 29.5 Å². The molecule has 0 saturated heterocycles. The molecule has 11 N–H and O–H groups in total.